The Morgan fingerprint density at radius 1 is 1.12 bits per heavy atom. The van der Waals surface area contributed by atoms with E-state index in [4.69, 9.17) is 9.47 Å². The molecule has 4 heteroatoms. The van der Waals surface area contributed by atoms with Crippen molar-refractivity contribution < 1.29 is 14.3 Å². The smallest absolute Gasteiger partial charge is 0.227 e. The first-order valence-corrected chi connectivity index (χ1v) is 8.89. The lowest BCUT2D eigenvalue weighted by molar-refractivity contribution is -0.133. The Bertz CT molecular complexity index is 798. The van der Waals surface area contributed by atoms with Gasteiger partial charge in [-0.15, -0.1) is 0 Å². The van der Waals surface area contributed by atoms with Crippen molar-refractivity contribution in [3.05, 3.63) is 58.7 Å². The van der Waals surface area contributed by atoms with E-state index in [0.717, 1.165) is 30.0 Å². The van der Waals surface area contributed by atoms with Gasteiger partial charge in [0.15, 0.2) is 11.5 Å². The summed E-state index contributed by atoms with van der Waals surface area (Å²) in [5.41, 5.74) is 4.71. The van der Waals surface area contributed by atoms with Crippen LogP contribution in [0.1, 0.15) is 35.2 Å². The van der Waals surface area contributed by atoms with Gasteiger partial charge in [-0.05, 0) is 49.1 Å². The summed E-state index contributed by atoms with van der Waals surface area (Å²) in [5.74, 6) is 1.80. The molecule has 2 aromatic carbocycles. The van der Waals surface area contributed by atoms with Crippen LogP contribution in [0.15, 0.2) is 36.4 Å². The van der Waals surface area contributed by atoms with Crippen molar-refractivity contribution >= 4 is 5.91 Å². The van der Waals surface area contributed by atoms with Gasteiger partial charge in [0.2, 0.25) is 5.91 Å². The van der Waals surface area contributed by atoms with Crippen LogP contribution in [0.25, 0.3) is 0 Å². The Balaban J connectivity index is 1.55. The van der Waals surface area contributed by atoms with Crippen molar-refractivity contribution in [2.24, 2.45) is 0 Å². The molecule has 0 bridgehead atoms. The van der Waals surface area contributed by atoms with Gasteiger partial charge in [-0.1, -0.05) is 29.8 Å². The van der Waals surface area contributed by atoms with Gasteiger partial charge in [-0.25, -0.2) is 0 Å². The van der Waals surface area contributed by atoms with Crippen LogP contribution >= 0.6 is 0 Å². The van der Waals surface area contributed by atoms with Crippen molar-refractivity contribution in [1.29, 1.82) is 0 Å². The number of carbonyl (C=O) groups excluding carboxylic acids is 1. The van der Waals surface area contributed by atoms with Gasteiger partial charge in [-0.2, -0.15) is 0 Å². The fourth-order valence-electron chi connectivity index (χ4n) is 3.68. The molecular formula is C21H23NO3. The van der Waals surface area contributed by atoms with E-state index in [-0.39, 0.29) is 11.9 Å². The van der Waals surface area contributed by atoms with E-state index in [1.165, 1.54) is 16.7 Å². The predicted molar refractivity (Wildman–Crippen MR) is 96.1 cm³/mol. The summed E-state index contributed by atoms with van der Waals surface area (Å²) in [6.45, 7) is 6.08. The standard InChI is InChI=1S/C21H23NO3/c1-14-3-5-16(6-4-14)11-21(23)22-8-7-17-12-19-20(25-10-9-24-19)13-18(17)15(22)2/h3-6,12-13,15H,7-11H2,1-2H3. The van der Waals surface area contributed by atoms with Crippen LogP contribution in [0.5, 0.6) is 11.5 Å². The average molecular weight is 337 g/mol. The van der Waals surface area contributed by atoms with Crippen LogP contribution in [0.4, 0.5) is 0 Å². The quantitative estimate of drug-likeness (QED) is 0.842. The monoisotopic (exact) mass is 337 g/mol. The predicted octanol–water partition coefficient (Wildman–Crippen LogP) is 3.45. The van der Waals surface area contributed by atoms with E-state index in [1.54, 1.807) is 0 Å². The molecule has 0 spiro atoms. The summed E-state index contributed by atoms with van der Waals surface area (Å²) in [6.07, 6.45) is 1.31. The van der Waals surface area contributed by atoms with Crippen molar-refractivity contribution in [2.75, 3.05) is 19.8 Å². The van der Waals surface area contributed by atoms with Crippen LogP contribution in [0.2, 0.25) is 0 Å². The lowest BCUT2D eigenvalue weighted by Crippen LogP contribution is -2.39. The minimum Gasteiger partial charge on any atom is -0.486 e. The van der Waals surface area contributed by atoms with Gasteiger partial charge in [0.25, 0.3) is 0 Å². The number of carbonyl (C=O) groups is 1. The highest BCUT2D eigenvalue weighted by molar-refractivity contribution is 5.79. The van der Waals surface area contributed by atoms with E-state index in [0.29, 0.717) is 19.6 Å². The number of ether oxygens (including phenoxy) is 2. The summed E-state index contributed by atoms with van der Waals surface area (Å²) >= 11 is 0. The number of hydrogen-bond donors (Lipinski definition) is 0. The largest absolute Gasteiger partial charge is 0.486 e. The Hall–Kier alpha value is -2.49. The number of aryl methyl sites for hydroxylation is 1. The number of benzene rings is 2. The van der Waals surface area contributed by atoms with Gasteiger partial charge in [0.05, 0.1) is 12.5 Å². The first-order chi connectivity index (χ1) is 12.1. The van der Waals surface area contributed by atoms with E-state index in [1.807, 2.05) is 17.0 Å². The third-order valence-corrected chi connectivity index (χ3v) is 5.14. The zero-order valence-corrected chi connectivity index (χ0v) is 14.7. The number of rotatable bonds is 2. The minimum atomic E-state index is 0.0533. The molecule has 0 aromatic heterocycles. The highest BCUT2D eigenvalue weighted by atomic mass is 16.6. The molecule has 0 N–H and O–H groups in total. The Labute approximate surface area is 148 Å². The lowest BCUT2D eigenvalue weighted by atomic mass is 9.92. The molecule has 2 heterocycles. The van der Waals surface area contributed by atoms with Gasteiger partial charge in [0.1, 0.15) is 13.2 Å². The summed E-state index contributed by atoms with van der Waals surface area (Å²) in [4.78, 5) is 14.8. The molecule has 0 saturated heterocycles. The first kappa shape index (κ1) is 16.0. The normalized spacial score (nSPS) is 18.6. The molecule has 0 fully saturated rings. The second-order valence-electron chi connectivity index (χ2n) is 6.87. The Morgan fingerprint density at radius 3 is 2.52 bits per heavy atom. The maximum atomic E-state index is 12.8. The molecule has 4 rings (SSSR count). The van der Waals surface area contributed by atoms with Crippen molar-refractivity contribution in [3.8, 4) is 11.5 Å². The number of amides is 1. The zero-order chi connectivity index (χ0) is 17.4. The molecular weight excluding hydrogens is 314 g/mol. The molecule has 2 aromatic rings. The van der Waals surface area contributed by atoms with Crippen LogP contribution in [0, 0.1) is 6.92 Å². The molecule has 0 aliphatic carbocycles. The number of nitrogens with zero attached hydrogens (tertiary/aromatic N) is 1. The third kappa shape index (κ3) is 3.09. The van der Waals surface area contributed by atoms with Gasteiger partial charge in [0, 0.05) is 6.54 Å². The van der Waals surface area contributed by atoms with Crippen LogP contribution in [-0.2, 0) is 17.6 Å². The van der Waals surface area contributed by atoms with Gasteiger partial charge in [-0.3, -0.25) is 4.79 Å². The molecule has 4 nitrogen and oxygen atoms in total. The first-order valence-electron chi connectivity index (χ1n) is 8.89. The van der Waals surface area contributed by atoms with Crippen LogP contribution < -0.4 is 9.47 Å². The number of fused-ring (bicyclic) bond motifs is 2. The van der Waals surface area contributed by atoms with Crippen molar-refractivity contribution in [2.45, 2.75) is 32.7 Å². The summed E-state index contributed by atoms with van der Waals surface area (Å²) in [5, 5.41) is 0. The molecule has 2 aliphatic heterocycles. The zero-order valence-electron chi connectivity index (χ0n) is 14.7. The van der Waals surface area contributed by atoms with Crippen LogP contribution in [0.3, 0.4) is 0 Å². The summed E-state index contributed by atoms with van der Waals surface area (Å²) < 4.78 is 11.4. The van der Waals surface area contributed by atoms with Gasteiger partial charge >= 0.3 is 0 Å². The van der Waals surface area contributed by atoms with Crippen molar-refractivity contribution in [3.63, 3.8) is 0 Å². The molecule has 1 amide bonds. The average Bonchev–Trinajstić information content (AvgIpc) is 2.62. The third-order valence-electron chi connectivity index (χ3n) is 5.14. The molecule has 2 aliphatic rings. The summed E-state index contributed by atoms with van der Waals surface area (Å²) in [7, 11) is 0. The van der Waals surface area contributed by atoms with Crippen LogP contribution in [-0.4, -0.2) is 30.6 Å². The second-order valence-corrected chi connectivity index (χ2v) is 6.87. The molecule has 0 radical (unpaired) electrons. The maximum Gasteiger partial charge on any atom is 0.227 e. The molecule has 130 valence electrons. The van der Waals surface area contributed by atoms with E-state index < -0.39 is 0 Å². The van der Waals surface area contributed by atoms with E-state index in [9.17, 15) is 4.79 Å². The SMILES string of the molecule is Cc1ccc(CC(=O)N2CCc3cc4c(cc3C2C)OCCO4)cc1. The highest BCUT2D eigenvalue weighted by Crippen LogP contribution is 2.39. The molecule has 25 heavy (non-hydrogen) atoms. The second kappa shape index (κ2) is 6.43. The minimum absolute atomic E-state index is 0.0533. The van der Waals surface area contributed by atoms with Gasteiger partial charge < -0.3 is 14.4 Å². The maximum absolute atomic E-state index is 12.8. The summed E-state index contributed by atoms with van der Waals surface area (Å²) in [6, 6.07) is 12.4. The fraction of sp³-hybridized carbons (Fsp3) is 0.381. The molecule has 1 atom stereocenters. The fourth-order valence-corrected chi connectivity index (χ4v) is 3.68. The lowest BCUT2D eigenvalue weighted by Gasteiger charge is -2.36. The molecule has 0 saturated carbocycles. The topological polar surface area (TPSA) is 38.8 Å². The Morgan fingerprint density at radius 2 is 1.80 bits per heavy atom. The van der Waals surface area contributed by atoms with E-state index in [2.05, 4.69) is 38.1 Å². The Kier molecular flexibility index (Phi) is 4.12. The van der Waals surface area contributed by atoms with Crippen molar-refractivity contribution in [1.82, 2.24) is 4.90 Å². The highest BCUT2D eigenvalue weighted by Gasteiger charge is 2.29. The number of hydrogen-bond acceptors (Lipinski definition) is 3. The molecule has 1 unspecified atom stereocenters. The van der Waals surface area contributed by atoms with E-state index >= 15 is 0 Å².